The van der Waals surface area contributed by atoms with Crippen molar-refractivity contribution in [2.45, 2.75) is 6.42 Å². The van der Waals surface area contributed by atoms with Crippen LogP contribution in [0.4, 0.5) is 10.1 Å². The van der Waals surface area contributed by atoms with E-state index in [1.165, 1.54) is 17.2 Å². The molecule has 1 fully saturated rings. The third kappa shape index (κ3) is 1.93. The molecule has 0 radical (unpaired) electrons. The van der Waals surface area contributed by atoms with E-state index in [1.807, 2.05) is 0 Å². The molecule has 0 saturated carbocycles. The Kier molecular flexibility index (Phi) is 2.92. The summed E-state index contributed by atoms with van der Waals surface area (Å²) in [5, 5.41) is 0. The molecule has 2 heterocycles. The van der Waals surface area contributed by atoms with Crippen molar-refractivity contribution in [3.8, 4) is 12.3 Å². The van der Waals surface area contributed by atoms with Crippen LogP contribution >= 0.6 is 15.9 Å². The van der Waals surface area contributed by atoms with Crippen LogP contribution in [0, 0.1) is 24.2 Å². The van der Waals surface area contributed by atoms with Crippen LogP contribution in [0.2, 0.25) is 0 Å². The third-order valence-electron chi connectivity index (χ3n) is 2.44. The molecule has 16 heavy (non-hydrogen) atoms. The Morgan fingerprint density at radius 3 is 3.06 bits per heavy atom. The summed E-state index contributed by atoms with van der Waals surface area (Å²) in [6, 6.07) is 1.53. The number of carbonyl (C=O) groups is 1. The van der Waals surface area contributed by atoms with Crippen LogP contribution in [0.25, 0.3) is 0 Å². The quantitative estimate of drug-likeness (QED) is 0.583. The molecule has 0 aromatic carbocycles. The fourth-order valence-electron chi connectivity index (χ4n) is 1.65. The molecule has 1 aromatic rings. The molecule has 1 aliphatic heterocycles. The molecule has 5 heteroatoms. The average Bonchev–Trinajstić information content (AvgIpc) is 2.63. The van der Waals surface area contributed by atoms with E-state index in [0.29, 0.717) is 11.0 Å². The maximum absolute atomic E-state index is 13.4. The van der Waals surface area contributed by atoms with Crippen LogP contribution in [0.1, 0.15) is 6.42 Å². The number of hydrogen-bond donors (Lipinski definition) is 0. The Balaban J connectivity index is 2.35. The zero-order valence-electron chi connectivity index (χ0n) is 8.28. The topological polar surface area (TPSA) is 33.2 Å². The minimum atomic E-state index is -0.658. The molecule has 1 unspecified atom stereocenters. The summed E-state index contributed by atoms with van der Waals surface area (Å²) in [6.45, 7) is 0.352. The number of aromatic nitrogens is 1. The number of nitrogens with zero attached hydrogens (tertiary/aromatic N) is 2. The Hall–Kier alpha value is -1.41. The smallest absolute Gasteiger partial charge is 0.236 e. The van der Waals surface area contributed by atoms with E-state index < -0.39 is 5.95 Å². The number of carbonyl (C=O) groups excluding carboxylic acids is 1. The Labute approximate surface area is 101 Å². The number of rotatable bonds is 1. The van der Waals surface area contributed by atoms with E-state index in [4.69, 9.17) is 6.42 Å². The third-order valence-corrected chi connectivity index (χ3v) is 2.87. The van der Waals surface area contributed by atoms with Crippen LogP contribution in [0.3, 0.4) is 0 Å². The summed E-state index contributed by atoms with van der Waals surface area (Å²) in [4.78, 5) is 16.5. The molecule has 82 valence electrons. The lowest BCUT2D eigenvalue weighted by Gasteiger charge is -2.16. The predicted octanol–water partition coefficient (Wildman–Crippen LogP) is 1.97. The highest BCUT2D eigenvalue weighted by atomic mass is 79.9. The van der Waals surface area contributed by atoms with E-state index >= 15 is 0 Å². The van der Waals surface area contributed by atoms with Crippen molar-refractivity contribution in [1.29, 1.82) is 0 Å². The van der Waals surface area contributed by atoms with Crippen LogP contribution in [0.5, 0.6) is 0 Å². The Morgan fingerprint density at radius 1 is 1.69 bits per heavy atom. The standard InChI is InChI=1S/C11H8BrFN2O/c1-2-7-3-10(16)15(6-7)9-4-8(12)5-14-11(9)13/h1,4-5,7H,3,6H2. The largest absolute Gasteiger partial charge is 0.307 e. The number of hydrogen-bond acceptors (Lipinski definition) is 2. The Morgan fingerprint density at radius 2 is 2.44 bits per heavy atom. The SMILES string of the molecule is C#CC1CC(=O)N(c2cc(Br)cnc2F)C1. The van der Waals surface area contributed by atoms with Gasteiger partial charge in [-0.2, -0.15) is 4.39 Å². The number of halogens is 2. The number of pyridine rings is 1. The van der Waals surface area contributed by atoms with E-state index in [9.17, 15) is 9.18 Å². The van der Waals surface area contributed by atoms with Crippen molar-refractivity contribution in [2.24, 2.45) is 5.92 Å². The maximum atomic E-state index is 13.4. The van der Waals surface area contributed by atoms with E-state index in [0.717, 1.165) is 0 Å². The van der Waals surface area contributed by atoms with Crippen LogP contribution in [-0.2, 0) is 4.79 Å². The van der Waals surface area contributed by atoms with Gasteiger partial charge in [0.25, 0.3) is 0 Å². The highest BCUT2D eigenvalue weighted by Crippen LogP contribution is 2.28. The van der Waals surface area contributed by atoms with Gasteiger partial charge in [0, 0.05) is 29.6 Å². The van der Waals surface area contributed by atoms with Gasteiger partial charge in [0.15, 0.2) is 0 Å². The van der Waals surface area contributed by atoms with Gasteiger partial charge < -0.3 is 4.90 Å². The molecule has 0 N–H and O–H groups in total. The first-order valence-corrected chi connectivity index (χ1v) is 5.48. The van der Waals surface area contributed by atoms with Gasteiger partial charge in [-0.25, -0.2) is 4.98 Å². The van der Waals surface area contributed by atoms with E-state index in [1.54, 1.807) is 0 Å². The molecule has 3 nitrogen and oxygen atoms in total. The molecular formula is C11H8BrFN2O. The van der Waals surface area contributed by atoms with Crippen molar-refractivity contribution >= 4 is 27.5 Å². The second kappa shape index (κ2) is 4.22. The van der Waals surface area contributed by atoms with Gasteiger partial charge in [-0.05, 0) is 22.0 Å². The molecule has 2 rings (SSSR count). The van der Waals surface area contributed by atoms with Gasteiger partial charge >= 0.3 is 0 Å². The lowest BCUT2D eigenvalue weighted by Crippen LogP contribution is -2.25. The van der Waals surface area contributed by atoms with Gasteiger partial charge in [0.2, 0.25) is 11.9 Å². The highest BCUT2D eigenvalue weighted by Gasteiger charge is 2.31. The van der Waals surface area contributed by atoms with Crippen LogP contribution in [-0.4, -0.2) is 17.4 Å². The number of terminal acetylenes is 1. The van der Waals surface area contributed by atoms with Crippen LogP contribution < -0.4 is 4.90 Å². The molecule has 0 aliphatic carbocycles. The minimum Gasteiger partial charge on any atom is -0.307 e. The predicted molar refractivity (Wildman–Crippen MR) is 61.2 cm³/mol. The normalized spacial score (nSPS) is 19.9. The van der Waals surface area contributed by atoms with Crippen molar-refractivity contribution < 1.29 is 9.18 Å². The van der Waals surface area contributed by atoms with Gasteiger partial charge in [-0.3, -0.25) is 4.79 Å². The highest BCUT2D eigenvalue weighted by molar-refractivity contribution is 9.10. The summed E-state index contributed by atoms with van der Waals surface area (Å²) in [7, 11) is 0. The first-order valence-electron chi connectivity index (χ1n) is 4.69. The van der Waals surface area contributed by atoms with Crippen molar-refractivity contribution in [3.05, 3.63) is 22.7 Å². The van der Waals surface area contributed by atoms with E-state index in [-0.39, 0.29) is 23.9 Å². The summed E-state index contributed by atoms with van der Waals surface area (Å²) >= 11 is 3.19. The van der Waals surface area contributed by atoms with E-state index in [2.05, 4.69) is 26.8 Å². The molecule has 1 atom stereocenters. The zero-order chi connectivity index (χ0) is 11.7. The number of amides is 1. The molecule has 0 spiro atoms. The molecule has 1 aromatic heterocycles. The lowest BCUT2D eigenvalue weighted by molar-refractivity contribution is -0.117. The fourth-order valence-corrected chi connectivity index (χ4v) is 1.97. The average molecular weight is 283 g/mol. The van der Waals surface area contributed by atoms with Crippen molar-refractivity contribution in [2.75, 3.05) is 11.4 Å². The molecule has 0 bridgehead atoms. The molecule has 1 amide bonds. The molecule has 1 aliphatic rings. The monoisotopic (exact) mass is 282 g/mol. The number of anilines is 1. The minimum absolute atomic E-state index is 0.147. The first-order chi connectivity index (χ1) is 7.61. The van der Waals surface area contributed by atoms with Crippen molar-refractivity contribution in [1.82, 2.24) is 4.98 Å². The summed E-state index contributed by atoms with van der Waals surface area (Å²) in [6.07, 6.45) is 6.87. The summed E-state index contributed by atoms with van der Waals surface area (Å²) in [5.74, 6) is 1.54. The van der Waals surface area contributed by atoms with Crippen LogP contribution in [0.15, 0.2) is 16.7 Å². The first kappa shape index (κ1) is 11.1. The summed E-state index contributed by atoms with van der Waals surface area (Å²) in [5.41, 5.74) is 0.178. The Bertz CT molecular complexity index is 483. The van der Waals surface area contributed by atoms with Gasteiger partial charge in [-0.15, -0.1) is 12.3 Å². The zero-order valence-corrected chi connectivity index (χ0v) is 9.87. The van der Waals surface area contributed by atoms with Crippen molar-refractivity contribution in [3.63, 3.8) is 0 Å². The second-order valence-electron chi connectivity index (χ2n) is 3.54. The fraction of sp³-hybridized carbons (Fsp3) is 0.273. The molecule has 1 saturated heterocycles. The van der Waals surface area contributed by atoms with Gasteiger partial charge in [0.1, 0.15) is 5.69 Å². The van der Waals surface area contributed by atoms with Gasteiger partial charge in [-0.1, -0.05) is 0 Å². The maximum Gasteiger partial charge on any atom is 0.236 e. The van der Waals surface area contributed by atoms with Gasteiger partial charge in [0.05, 0.1) is 0 Å². The summed E-state index contributed by atoms with van der Waals surface area (Å²) < 4.78 is 14.1. The second-order valence-corrected chi connectivity index (χ2v) is 4.45. The molecular weight excluding hydrogens is 275 g/mol. The lowest BCUT2D eigenvalue weighted by atomic mass is 10.1.